The number of nitrogens with zero attached hydrogens (tertiary/aromatic N) is 2. The fourth-order valence-electron chi connectivity index (χ4n) is 2.52. The number of methoxy groups -OCH3 is 1. The van der Waals surface area contributed by atoms with Gasteiger partial charge in [-0.15, -0.1) is 5.10 Å². The second-order valence-electron chi connectivity index (χ2n) is 6.02. The predicted octanol–water partition coefficient (Wildman–Crippen LogP) is 5.68. The van der Waals surface area contributed by atoms with E-state index in [0.29, 0.717) is 39.0 Å². The number of halogens is 2. The minimum atomic E-state index is -1.11. The van der Waals surface area contributed by atoms with Crippen molar-refractivity contribution in [2.45, 2.75) is 5.16 Å². The number of H-pyrrole nitrogens is 1. The van der Waals surface area contributed by atoms with E-state index in [-0.39, 0.29) is 10.1 Å². The second kappa shape index (κ2) is 10.5. The third-order valence-electron chi connectivity index (χ3n) is 3.89. The number of carboxylic acids is 1. The van der Waals surface area contributed by atoms with Crippen molar-refractivity contribution >= 4 is 51.3 Å². The van der Waals surface area contributed by atoms with Gasteiger partial charge in [0.15, 0.2) is 17.3 Å². The number of ether oxygens (including phenoxy) is 2. The number of hydrogen-bond acceptors (Lipinski definition) is 6. The van der Waals surface area contributed by atoms with E-state index in [9.17, 15) is 9.90 Å². The zero-order valence-corrected chi connectivity index (χ0v) is 19.4. The van der Waals surface area contributed by atoms with Crippen molar-refractivity contribution in [1.82, 2.24) is 15.2 Å². The van der Waals surface area contributed by atoms with E-state index in [1.807, 2.05) is 0 Å². The van der Waals surface area contributed by atoms with Crippen LogP contribution in [-0.2, 0) is 4.79 Å². The Kier molecular flexibility index (Phi) is 7.78. The zero-order valence-electron chi connectivity index (χ0n) is 16.3. The van der Waals surface area contributed by atoms with E-state index in [4.69, 9.17) is 21.1 Å². The lowest BCUT2D eigenvalue weighted by molar-refractivity contribution is -0.131. The Bertz CT molecular complexity index is 1130. The smallest absolute Gasteiger partial charge is 0.342 e. The fraction of sp³-hybridized carbons (Fsp3) is 0.0952. The third kappa shape index (κ3) is 5.90. The number of carboxylic acid groups (broad SMARTS) is 1. The van der Waals surface area contributed by atoms with Crippen molar-refractivity contribution in [1.29, 1.82) is 0 Å². The molecule has 0 fully saturated rings. The van der Waals surface area contributed by atoms with E-state index in [0.717, 1.165) is 17.3 Å². The average Bonchev–Trinajstić information content (AvgIpc) is 3.21. The molecule has 0 aliphatic heterocycles. The van der Waals surface area contributed by atoms with Crippen LogP contribution >= 0.6 is 39.3 Å². The summed E-state index contributed by atoms with van der Waals surface area (Å²) in [5.74, 6) is 0.368. The fourth-order valence-corrected chi connectivity index (χ4v) is 3.93. The summed E-state index contributed by atoms with van der Waals surface area (Å²) >= 11 is 10.3. The van der Waals surface area contributed by atoms with E-state index in [1.54, 1.807) is 42.5 Å². The largest absolute Gasteiger partial charge is 0.493 e. The SMILES string of the molecule is C=CCOc1c(Br)cc(/C=C(\Sc2n[nH]c(-c3ccc(Cl)cc3)n2)C(=O)O)cc1OC. The molecule has 3 aromatic rings. The lowest BCUT2D eigenvalue weighted by atomic mass is 10.2. The maximum Gasteiger partial charge on any atom is 0.342 e. The molecule has 7 nitrogen and oxygen atoms in total. The van der Waals surface area contributed by atoms with E-state index < -0.39 is 5.97 Å². The number of thioether (sulfide) groups is 1. The van der Waals surface area contributed by atoms with Crippen LogP contribution in [0.3, 0.4) is 0 Å². The highest BCUT2D eigenvalue weighted by atomic mass is 79.9. The summed E-state index contributed by atoms with van der Waals surface area (Å²) in [6.45, 7) is 3.93. The van der Waals surface area contributed by atoms with Crippen LogP contribution in [-0.4, -0.2) is 40.0 Å². The van der Waals surface area contributed by atoms with Crippen molar-refractivity contribution in [3.63, 3.8) is 0 Å². The molecule has 2 aromatic carbocycles. The number of benzene rings is 2. The molecule has 160 valence electrons. The van der Waals surface area contributed by atoms with E-state index in [2.05, 4.69) is 37.7 Å². The Morgan fingerprint density at radius 1 is 1.35 bits per heavy atom. The normalized spacial score (nSPS) is 11.3. The molecule has 1 heterocycles. The van der Waals surface area contributed by atoms with Gasteiger partial charge in [0.2, 0.25) is 5.16 Å². The van der Waals surface area contributed by atoms with Crippen LogP contribution in [0.15, 0.2) is 63.6 Å². The average molecular weight is 523 g/mol. The molecule has 3 rings (SSSR count). The summed E-state index contributed by atoms with van der Waals surface area (Å²) in [6, 6.07) is 10.5. The van der Waals surface area contributed by atoms with Gasteiger partial charge in [-0.1, -0.05) is 24.3 Å². The molecule has 0 aliphatic rings. The molecule has 0 amide bonds. The molecule has 0 atom stereocenters. The number of aliphatic carboxylic acids is 1. The Balaban J connectivity index is 1.87. The highest BCUT2D eigenvalue weighted by molar-refractivity contribution is 9.10. The Hall–Kier alpha value is -2.75. The molecule has 10 heteroatoms. The molecular weight excluding hydrogens is 506 g/mol. The number of aromatic amines is 1. The first-order valence-electron chi connectivity index (χ1n) is 8.83. The van der Waals surface area contributed by atoms with Gasteiger partial charge < -0.3 is 14.6 Å². The minimum Gasteiger partial charge on any atom is -0.493 e. The first kappa shape index (κ1) is 22.9. The monoisotopic (exact) mass is 521 g/mol. The standard InChI is InChI=1S/C21H17BrClN3O4S/c1-3-8-30-18-15(22)9-12(10-16(18)29-2)11-17(20(27)28)31-21-24-19(25-26-21)13-4-6-14(23)7-5-13/h3-7,9-11H,1,8H2,2H3,(H,27,28)(H,24,25,26)/b17-11-. The van der Waals surface area contributed by atoms with E-state index in [1.165, 1.54) is 13.2 Å². The lowest BCUT2D eigenvalue weighted by Crippen LogP contribution is -1.99. The van der Waals surface area contributed by atoms with Crippen molar-refractivity contribution in [2.75, 3.05) is 13.7 Å². The topological polar surface area (TPSA) is 97.3 Å². The Morgan fingerprint density at radius 2 is 2.10 bits per heavy atom. The summed E-state index contributed by atoms with van der Waals surface area (Å²) in [6.07, 6.45) is 3.13. The first-order chi connectivity index (χ1) is 14.9. The van der Waals surface area contributed by atoms with Gasteiger partial charge in [0.05, 0.1) is 11.6 Å². The van der Waals surface area contributed by atoms with Crippen LogP contribution in [0.4, 0.5) is 0 Å². The van der Waals surface area contributed by atoms with Gasteiger partial charge in [-0.25, -0.2) is 9.78 Å². The van der Waals surface area contributed by atoms with Crippen molar-refractivity contribution < 1.29 is 19.4 Å². The molecular formula is C21H17BrClN3O4S. The number of nitrogens with one attached hydrogen (secondary N) is 1. The highest BCUT2D eigenvalue weighted by Crippen LogP contribution is 2.38. The molecule has 0 saturated carbocycles. The van der Waals surface area contributed by atoms with Gasteiger partial charge in [0, 0.05) is 10.6 Å². The van der Waals surface area contributed by atoms with Crippen LogP contribution in [0.2, 0.25) is 5.02 Å². The minimum absolute atomic E-state index is 0.0374. The molecule has 0 saturated heterocycles. The molecule has 2 N–H and O–H groups in total. The van der Waals surface area contributed by atoms with Crippen molar-refractivity contribution in [2.24, 2.45) is 0 Å². The zero-order chi connectivity index (χ0) is 22.4. The predicted molar refractivity (Wildman–Crippen MR) is 125 cm³/mol. The van der Waals surface area contributed by atoms with Gasteiger partial charge in [-0.3, -0.25) is 5.10 Å². The maximum absolute atomic E-state index is 11.8. The Morgan fingerprint density at radius 3 is 2.74 bits per heavy atom. The number of carbonyl (C=O) groups is 1. The van der Waals surface area contributed by atoms with Crippen LogP contribution in [0.5, 0.6) is 11.5 Å². The van der Waals surface area contributed by atoms with Crippen LogP contribution in [0.25, 0.3) is 17.5 Å². The molecule has 0 unspecified atom stereocenters. The van der Waals surface area contributed by atoms with E-state index >= 15 is 0 Å². The summed E-state index contributed by atoms with van der Waals surface area (Å²) in [5.41, 5.74) is 1.39. The number of rotatable bonds is 9. The van der Waals surface area contributed by atoms with Gasteiger partial charge in [0.25, 0.3) is 0 Å². The molecule has 1 aromatic heterocycles. The molecule has 0 radical (unpaired) electrons. The summed E-state index contributed by atoms with van der Waals surface area (Å²) in [5, 5.41) is 17.5. The molecule has 0 aliphatic carbocycles. The lowest BCUT2D eigenvalue weighted by Gasteiger charge is -2.12. The summed E-state index contributed by atoms with van der Waals surface area (Å²) in [7, 11) is 1.51. The molecule has 0 spiro atoms. The number of aromatic nitrogens is 3. The summed E-state index contributed by atoms with van der Waals surface area (Å²) < 4.78 is 11.6. The molecule has 31 heavy (non-hydrogen) atoms. The van der Waals surface area contributed by atoms with Crippen LogP contribution in [0.1, 0.15) is 5.56 Å². The van der Waals surface area contributed by atoms with Gasteiger partial charge in [-0.05, 0) is 75.7 Å². The van der Waals surface area contributed by atoms with Gasteiger partial charge in [0.1, 0.15) is 11.5 Å². The second-order valence-corrected chi connectivity index (χ2v) is 8.32. The van der Waals surface area contributed by atoms with Crippen molar-refractivity contribution in [3.05, 3.63) is 69.0 Å². The van der Waals surface area contributed by atoms with Crippen molar-refractivity contribution in [3.8, 4) is 22.9 Å². The Labute approximate surface area is 196 Å². The summed E-state index contributed by atoms with van der Waals surface area (Å²) in [4.78, 5) is 16.2. The van der Waals surface area contributed by atoms with Gasteiger partial charge in [-0.2, -0.15) is 0 Å². The quantitative estimate of drug-likeness (QED) is 0.212. The van der Waals surface area contributed by atoms with Gasteiger partial charge >= 0.3 is 5.97 Å². The molecule has 0 bridgehead atoms. The van der Waals surface area contributed by atoms with Crippen LogP contribution in [0, 0.1) is 0 Å². The third-order valence-corrected chi connectivity index (χ3v) is 5.61. The van der Waals surface area contributed by atoms with Crippen LogP contribution < -0.4 is 9.47 Å². The maximum atomic E-state index is 11.8. The highest BCUT2D eigenvalue weighted by Gasteiger charge is 2.16. The number of hydrogen-bond donors (Lipinski definition) is 2. The first-order valence-corrected chi connectivity index (χ1v) is 10.8.